The van der Waals surface area contributed by atoms with Gasteiger partial charge in [0.25, 0.3) is 0 Å². The molecule has 0 radical (unpaired) electrons. The van der Waals surface area contributed by atoms with Gasteiger partial charge >= 0.3 is 0 Å². The van der Waals surface area contributed by atoms with Crippen molar-refractivity contribution in [2.75, 3.05) is 5.32 Å². The Labute approximate surface area is 116 Å². The molecule has 0 atom stereocenters. The lowest BCUT2D eigenvalue weighted by atomic mass is 9.87. The number of ether oxygens (including phenoxy) is 1. The van der Waals surface area contributed by atoms with Crippen molar-refractivity contribution in [3.8, 4) is 5.88 Å². The first-order chi connectivity index (χ1) is 9.02. The minimum absolute atomic E-state index is 0.137. The zero-order valence-electron chi connectivity index (χ0n) is 12.4. The van der Waals surface area contributed by atoms with Gasteiger partial charge in [0.15, 0.2) is 0 Å². The maximum atomic E-state index is 5.65. The van der Waals surface area contributed by atoms with Crippen molar-refractivity contribution in [1.29, 1.82) is 0 Å². The van der Waals surface area contributed by atoms with Crippen molar-refractivity contribution < 1.29 is 4.74 Å². The summed E-state index contributed by atoms with van der Waals surface area (Å²) < 4.78 is 5.65. The summed E-state index contributed by atoms with van der Waals surface area (Å²) in [5.74, 6) is 2.22. The van der Waals surface area contributed by atoms with Crippen molar-refractivity contribution in [3.63, 3.8) is 0 Å². The normalized spacial score (nSPS) is 23.4. The van der Waals surface area contributed by atoms with E-state index in [0.29, 0.717) is 17.9 Å². The number of aryl methyl sites for hydroxylation is 1. The summed E-state index contributed by atoms with van der Waals surface area (Å²) in [6, 6.07) is 2.39. The first-order valence-electron chi connectivity index (χ1n) is 7.32. The van der Waals surface area contributed by atoms with Crippen LogP contribution >= 0.6 is 0 Å². The maximum absolute atomic E-state index is 5.65. The zero-order chi connectivity index (χ0) is 13.8. The summed E-state index contributed by atoms with van der Waals surface area (Å²) in [5, 5.41) is 3.45. The molecule has 2 rings (SSSR count). The number of anilines is 1. The number of nitrogens with zero attached hydrogens (tertiary/aromatic N) is 2. The van der Waals surface area contributed by atoms with Gasteiger partial charge in [-0.05, 0) is 52.4 Å². The van der Waals surface area contributed by atoms with Crippen LogP contribution in [0.5, 0.6) is 5.88 Å². The first kappa shape index (κ1) is 14.1. The summed E-state index contributed by atoms with van der Waals surface area (Å²) in [7, 11) is 0. The number of aromatic nitrogens is 2. The SMILES string of the molecule is Cc1cc(OC(C)C)nc(NC2CCC(C)CC2)n1. The van der Waals surface area contributed by atoms with Crippen molar-refractivity contribution in [2.45, 2.75) is 65.5 Å². The second kappa shape index (κ2) is 6.22. The van der Waals surface area contributed by atoms with Gasteiger partial charge in [-0.25, -0.2) is 4.98 Å². The van der Waals surface area contributed by atoms with Crippen LogP contribution in [0.25, 0.3) is 0 Å². The molecule has 0 saturated heterocycles. The minimum atomic E-state index is 0.137. The van der Waals surface area contributed by atoms with Gasteiger partial charge in [-0.15, -0.1) is 0 Å². The van der Waals surface area contributed by atoms with Crippen molar-refractivity contribution in [1.82, 2.24) is 9.97 Å². The smallest absolute Gasteiger partial charge is 0.226 e. The highest BCUT2D eigenvalue weighted by atomic mass is 16.5. The molecule has 1 aromatic rings. The highest BCUT2D eigenvalue weighted by molar-refractivity contribution is 5.31. The fourth-order valence-electron chi connectivity index (χ4n) is 2.49. The topological polar surface area (TPSA) is 47.0 Å². The standard InChI is InChI=1S/C15H25N3O/c1-10(2)19-14-9-12(4)16-15(18-14)17-13-7-5-11(3)6-8-13/h9-11,13H,5-8H2,1-4H3,(H,16,17,18). The number of nitrogens with one attached hydrogen (secondary N) is 1. The molecule has 1 fully saturated rings. The van der Waals surface area contributed by atoms with E-state index < -0.39 is 0 Å². The van der Waals surface area contributed by atoms with Gasteiger partial charge in [-0.1, -0.05) is 6.92 Å². The fraction of sp³-hybridized carbons (Fsp3) is 0.733. The Morgan fingerprint density at radius 2 is 1.89 bits per heavy atom. The van der Waals surface area contributed by atoms with Crippen LogP contribution in [0.3, 0.4) is 0 Å². The van der Waals surface area contributed by atoms with E-state index in [1.165, 1.54) is 25.7 Å². The Bertz CT molecular complexity index is 412. The molecule has 1 heterocycles. The highest BCUT2D eigenvalue weighted by Gasteiger charge is 2.19. The highest BCUT2D eigenvalue weighted by Crippen LogP contribution is 2.25. The average molecular weight is 263 g/mol. The van der Waals surface area contributed by atoms with E-state index in [4.69, 9.17) is 4.74 Å². The van der Waals surface area contributed by atoms with Crippen molar-refractivity contribution >= 4 is 5.95 Å². The Kier molecular flexibility index (Phi) is 4.61. The summed E-state index contributed by atoms with van der Waals surface area (Å²) in [6.45, 7) is 8.32. The Morgan fingerprint density at radius 1 is 1.21 bits per heavy atom. The molecule has 1 aromatic heterocycles. The molecule has 0 unspecified atom stereocenters. The summed E-state index contributed by atoms with van der Waals surface area (Å²) >= 11 is 0. The van der Waals surface area contributed by atoms with Crippen LogP contribution < -0.4 is 10.1 Å². The Balaban J connectivity index is 2.01. The molecule has 0 amide bonds. The van der Waals surface area contributed by atoms with E-state index in [2.05, 4.69) is 22.2 Å². The van der Waals surface area contributed by atoms with E-state index in [9.17, 15) is 0 Å². The molecular formula is C15H25N3O. The van der Waals surface area contributed by atoms with Gasteiger partial charge in [0.1, 0.15) is 0 Å². The molecule has 1 saturated carbocycles. The summed E-state index contributed by atoms with van der Waals surface area (Å²) in [6.07, 6.45) is 5.13. The lowest BCUT2D eigenvalue weighted by Gasteiger charge is -2.27. The van der Waals surface area contributed by atoms with Crippen LogP contribution in [0.2, 0.25) is 0 Å². The molecule has 0 aliphatic heterocycles. The molecule has 4 heteroatoms. The fourth-order valence-corrected chi connectivity index (χ4v) is 2.49. The molecule has 0 bridgehead atoms. The molecule has 0 spiro atoms. The van der Waals surface area contributed by atoms with Gasteiger partial charge in [0.05, 0.1) is 6.10 Å². The van der Waals surface area contributed by atoms with Crippen LogP contribution in [0.1, 0.15) is 52.1 Å². The monoisotopic (exact) mass is 263 g/mol. The van der Waals surface area contributed by atoms with Crippen molar-refractivity contribution in [2.24, 2.45) is 5.92 Å². The second-order valence-electron chi connectivity index (χ2n) is 5.94. The summed E-state index contributed by atoms with van der Waals surface area (Å²) in [5.41, 5.74) is 0.942. The predicted octanol–water partition coefficient (Wildman–Crippen LogP) is 3.56. The molecule has 4 nitrogen and oxygen atoms in total. The molecule has 1 aliphatic carbocycles. The van der Waals surface area contributed by atoms with Crippen LogP contribution in [0, 0.1) is 12.8 Å². The third kappa shape index (κ3) is 4.37. The molecular weight excluding hydrogens is 238 g/mol. The lowest BCUT2D eigenvalue weighted by molar-refractivity contribution is 0.232. The molecule has 19 heavy (non-hydrogen) atoms. The largest absolute Gasteiger partial charge is 0.475 e. The predicted molar refractivity (Wildman–Crippen MR) is 77.6 cm³/mol. The van der Waals surface area contributed by atoms with E-state index in [1.807, 2.05) is 26.8 Å². The third-order valence-corrected chi connectivity index (χ3v) is 3.54. The number of hydrogen-bond acceptors (Lipinski definition) is 4. The van der Waals surface area contributed by atoms with Crippen molar-refractivity contribution in [3.05, 3.63) is 11.8 Å². The Morgan fingerprint density at radius 3 is 2.53 bits per heavy atom. The van der Waals surface area contributed by atoms with E-state index in [1.54, 1.807) is 0 Å². The number of rotatable bonds is 4. The van der Waals surface area contributed by atoms with E-state index in [0.717, 1.165) is 11.6 Å². The van der Waals surface area contributed by atoms with E-state index >= 15 is 0 Å². The van der Waals surface area contributed by atoms with Crippen LogP contribution in [-0.2, 0) is 0 Å². The van der Waals surface area contributed by atoms with Crippen LogP contribution in [0.15, 0.2) is 6.07 Å². The lowest BCUT2D eigenvalue weighted by Crippen LogP contribution is -2.26. The van der Waals surface area contributed by atoms with Gasteiger partial charge < -0.3 is 10.1 Å². The van der Waals surface area contributed by atoms with Crippen LogP contribution in [-0.4, -0.2) is 22.1 Å². The number of hydrogen-bond donors (Lipinski definition) is 1. The molecule has 106 valence electrons. The zero-order valence-corrected chi connectivity index (χ0v) is 12.4. The quantitative estimate of drug-likeness (QED) is 0.902. The van der Waals surface area contributed by atoms with E-state index in [-0.39, 0.29) is 6.10 Å². The van der Waals surface area contributed by atoms with Gasteiger partial charge in [0.2, 0.25) is 11.8 Å². The maximum Gasteiger partial charge on any atom is 0.226 e. The molecule has 1 aliphatic rings. The third-order valence-electron chi connectivity index (χ3n) is 3.54. The van der Waals surface area contributed by atoms with Crippen LogP contribution in [0.4, 0.5) is 5.95 Å². The Hall–Kier alpha value is -1.32. The molecule has 1 N–H and O–H groups in total. The van der Waals surface area contributed by atoms with Gasteiger partial charge in [-0.2, -0.15) is 4.98 Å². The van der Waals surface area contributed by atoms with Gasteiger partial charge in [-0.3, -0.25) is 0 Å². The second-order valence-corrected chi connectivity index (χ2v) is 5.94. The average Bonchev–Trinajstić information content (AvgIpc) is 2.30. The minimum Gasteiger partial charge on any atom is -0.475 e. The first-order valence-corrected chi connectivity index (χ1v) is 7.32. The van der Waals surface area contributed by atoms with Gasteiger partial charge in [0, 0.05) is 17.8 Å². The molecule has 0 aromatic carbocycles. The summed E-state index contributed by atoms with van der Waals surface area (Å²) in [4.78, 5) is 8.89.